The summed E-state index contributed by atoms with van der Waals surface area (Å²) in [7, 11) is 0. The lowest BCUT2D eigenvalue weighted by molar-refractivity contribution is 0.121. The second-order valence-corrected chi connectivity index (χ2v) is 8.13. The van der Waals surface area contributed by atoms with Crippen LogP contribution in [0.3, 0.4) is 0 Å². The molecule has 1 atom stereocenters. The van der Waals surface area contributed by atoms with E-state index in [0.29, 0.717) is 0 Å². The highest BCUT2D eigenvalue weighted by molar-refractivity contribution is 4.77. The maximum absolute atomic E-state index is 2.85. The van der Waals surface area contributed by atoms with Crippen LogP contribution in [0.15, 0.2) is 0 Å². The predicted octanol–water partition coefficient (Wildman–Crippen LogP) is 7.20. The average molecular weight is 324 g/mol. The van der Waals surface area contributed by atoms with Gasteiger partial charge in [0.1, 0.15) is 0 Å². The van der Waals surface area contributed by atoms with Crippen LogP contribution in [0.4, 0.5) is 0 Å². The van der Waals surface area contributed by atoms with Crippen LogP contribution >= 0.6 is 0 Å². The summed E-state index contributed by atoms with van der Waals surface area (Å²) >= 11 is 0. The Kier molecular flexibility index (Phi) is 13.1. The van der Waals surface area contributed by atoms with E-state index in [1.165, 1.54) is 109 Å². The van der Waals surface area contributed by atoms with Crippen molar-refractivity contribution in [1.29, 1.82) is 0 Å². The van der Waals surface area contributed by atoms with E-state index >= 15 is 0 Å². The Morgan fingerprint density at radius 3 is 1.61 bits per heavy atom. The number of unbranched alkanes of at least 4 members (excludes halogenated alkanes) is 9. The molecule has 0 amide bonds. The third-order valence-corrected chi connectivity index (χ3v) is 5.87. The van der Waals surface area contributed by atoms with Gasteiger partial charge in [-0.2, -0.15) is 0 Å². The fourth-order valence-electron chi connectivity index (χ4n) is 4.05. The fourth-order valence-corrected chi connectivity index (χ4v) is 4.05. The zero-order valence-corrected chi connectivity index (χ0v) is 16.6. The molecule has 0 spiro atoms. The average Bonchev–Trinajstić information content (AvgIpc) is 2.57. The van der Waals surface area contributed by atoms with Crippen LogP contribution in [-0.2, 0) is 0 Å². The summed E-state index contributed by atoms with van der Waals surface area (Å²) in [5.74, 6) is 0.963. The van der Waals surface area contributed by atoms with E-state index in [1.807, 2.05) is 0 Å². The van der Waals surface area contributed by atoms with Crippen molar-refractivity contribution in [2.45, 2.75) is 123 Å². The summed E-state index contributed by atoms with van der Waals surface area (Å²) in [5, 5.41) is 0. The molecule has 0 bridgehead atoms. The minimum atomic E-state index is 0.898. The lowest BCUT2D eigenvalue weighted by Gasteiger charge is -2.37. The lowest BCUT2D eigenvalue weighted by atomic mass is 9.94. The Hall–Kier alpha value is -0.0400. The van der Waals surface area contributed by atoms with Crippen LogP contribution < -0.4 is 0 Å². The molecule has 0 radical (unpaired) electrons. The molecule has 1 saturated heterocycles. The molecule has 1 rings (SSSR count). The van der Waals surface area contributed by atoms with Gasteiger partial charge in [-0.05, 0) is 44.7 Å². The normalized spacial score (nSPS) is 18.4. The van der Waals surface area contributed by atoms with Gasteiger partial charge in [0.15, 0.2) is 0 Å². The molecule has 0 aliphatic carbocycles. The van der Waals surface area contributed by atoms with Crippen molar-refractivity contribution in [2.75, 3.05) is 13.1 Å². The van der Waals surface area contributed by atoms with Gasteiger partial charge < -0.3 is 4.90 Å². The van der Waals surface area contributed by atoms with E-state index in [0.717, 1.165) is 12.0 Å². The Bertz CT molecular complexity index is 242. The monoisotopic (exact) mass is 323 g/mol. The molecular formula is C22H45N. The number of hydrogen-bond acceptors (Lipinski definition) is 1. The van der Waals surface area contributed by atoms with Crippen LogP contribution in [-0.4, -0.2) is 24.0 Å². The number of likely N-dealkylation sites (tertiary alicyclic amines) is 1. The van der Waals surface area contributed by atoms with Gasteiger partial charge >= 0.3 is 0 Å². The van der Waals surface area contributed by atoms with Crippen molar-refractivity contribution in [2.24, 2.45) is 5.92 Å². The molecule has 1 fully saturated rings. The summed E-state index contributed by atoms with van der Waals surface area (Å²) in [6.07, 6.45) is 21.6. The van der Waals surface area contributed by atoms with Crippen LogP contribution in [0.1, 0.15) is 117 Å². The van der Waals surface area contributed by atoms with Crippen molar-refractivity contribution in [3.63, 3.8) is 0 Å². The standard InChI is InChI=1S/C22H45N/c1-4-6-8-10-12-14-16-22(15-13-11-9-7-5-2)23-19-17-21(3)18-20-23/h21-22H,4-20H2,1-3H3. The molecule has 0 aromatic heterocycles. The van der Waals surface area contributed by atoms with E-state index in [-0.39, 0.29) is 0 Å². The summed E-state index contributed by atoms with van der Waals surface area (Å²) in [6.45, 7) is 9.81. The first-order valence-electron chi connectivity index (χ1n) is 11.0. The van der Waals surface area contributed by atoms with Gasteiger partial charge in [-0.15, -0.1) is 0 Å². The summed E-state index contributed by atoms with van der Waals surface area (Å²) in [5.41, 5.74) is 0. The molecule has 23 heavy (non-hydrogen) atoms. The van der Waals surface area contributed by atoms with Crippen molar-refractivity contribution in [1.82, 2.24) is 4.90 Å². The second-order valence-electron chi connectivity index (χ2n) is 8.13. The Morgan fingerprint density at radius 1 is 0.696 bits per heavy atom. The quantitative estimate of drug-likeness (QED) is 0.305. The van der Waals surface area contributed by atoms with E-state index in [1.54, 1.807) is 0 Å². The lowest BCUT2D eigenvalue weighted by Crippen LogP contribution is -2.41. The molecular weight excluding hydrogens is 278 g/mol. The molecule has 0 saturated carbocycles. The minimum Gasteiger partial charge on any atom is -0.300 e. The predicted molar refractivity (Wildman–Crippen MR) is 105 cm³/mol. The van der Waals surface area contributed by atoms with E-state index in [2.05, 4.69) is 25.7 Å². The van der Waals surface area contributed by atoms with Crippen LogP contribution in [0.5, 0.6) is 0 Å². The van der Waals surface area contributed by atoms with Crippen LogP contribution in [0.2, 0.25) is 0 Å². The Balaban J connectivity index is 2.23. The van der Waals surface area contributed by atoms with E-state index in [9.17, 15) is 0 Å². The van der Waals surface area contributed by atoms with Crippen molar-refractivity contribution >= 4 is 0 Å². The van der Waals surface area contributed by atoms with Gasteiger partial charge in [0.25, 0.3) is 0 Å². The Labute approximate surface area is 147 Å². The highest BCUT2D eigenvalue weighted by Gasteiger charge is 2.22. The molecule has 1 aliphatic heterocycles. The van der Waals surface area contributed by atoms with E-state index in [4.69, 9.17) is 0 Å². The minimum absolute atomic E-state index is 0.898. The molecule has 1 heteroatoms. The highest BCUT2D eigenvalue weighted by atomic mass is 15.2. The molecule has 1 nitrogen and oxygen atoms in total. The van der Waals surface area contributed by atoms with Gasteiger partial charge in [0, 0.05) is 6.04 Å². The fraction of sp³-hybridized carbons (Fsp3) is 1.00. The maximum atomic E-state index is 2.85. The van der Waals surface area contributed by atoms with E-state index < -0.39 is 0 Å². The first-order valence-corrected chi connectivity index (χ1v) is 11.0. The first kappa shape index (κ1) is 21.0. The van der Waals surface area contributed by atoms with Crippen LogP contribution in [0, 0.1) is 5.92 Å². The van der Waals surface area contributed by atoms with Crippen molar-refractivity contribution in [3.05, 3.63) is 0 Å². The third kappa shape index (κ3) is 10.4. The second kappa shape index (κ2) is 14.3. The number of nitrogens with zero attached hydrogens (tertiary/aromatic N) is 1. The van der Waals surface area contributed by atoms with Gasteiger partial charge in [-0.1, -0.05) is 91.4 Å². The first-order chi connectivity index (χ1) is 11.3. The van der Waals surface area contributed by atoms with Crippen LogP contribution in [0.25, 0.3) is 0 Å². The Morgan fingerprint density at radius 2 is 1.13 bits per heavy atom. The van der Waals surface area contributed by atoms with Crippen molar-refractivity contribution < 1.29 is 0 Å². The molecule has 0 aromatic carbocycles. The molecule has 1 heterocycles. The van der Waals surface area contributed by atoms with Gasteiger partial charge in [-0.3, -0.25) is 0 Å². The summed E-state index contributed by atoms with van der Waals surface area (Å²) in [4.78, 5) is 2.85. The molecule has 1 unspecified atom stereocenters. The number of rotatable bonds is 14. The smallest absolute Gasteiger partial charge is 0.00952 e. The zero-order valence-electron chi connectivity index (χ0n) is 16.6. The SMILES string of the molecule is CCCCCCCCC(CCCCCCC)N1CCC(C)CC1. The van der Waals surface area contributed by atoms with Crippen molar-refractivity contribution in [3.8, 4) is 0 Å². The largest absolute Gasteiger partial charge is 0.300 e. The molecule has 138 valence electrons. The molecule has 0 N–H and O–H groups in total. The molecule has 1 aliphatic rings. The topological polar surface area (TPSA) is 3.24 Å². The zero-order chi connectivity index (χ0) is 16.8. The van der Waals surface area contributed by atoms with Gasteiger partial charge in [0.05, 0.1) is 0 Å². The highest BCUT2D eigenvalue weighted by Crippen LogP contribution is 2.24. The van der Waals surface area contributed by atoms with Gasteiger partial charge in [0.2, 0.25) is 0 Å². The summed E-state index contributed by atoms with van der Waals surface area (Å²) in [6, 6.07) is 0.898. The molecule has 0 aromatic rings. The number of piperidine rings is 1. The summed E-state index contributed by atoms with van der Waals surface area (Å²) < 4.78 is 0. The number of hydrogen-bond donors (Lipinski definition) is 0. The maximum Gasteiger partial charge on any atom is 0.00952 e. The third-order valence-electron chi connectivity index (χ3n) is 5.87. The van der Waals surface area contributed by atoms with Gasteiger partial charge in [-0.25, -0.2) is 0 Å².